The van der Waals surface area contributed by atoms with Gasteiger partial charge in [0.05, 0.1) is 30.2 Å². The molecular formula is C13H17F2N5. The fraction of sp³-hybridized carbons (Fsp3) is 0.538. The molecule has 0 atom stereocenters. The van der Waals surface area contributed by atoms with Gasteiger partial charge in [-0.15, -0.1) is 0 Å². The Hall–Kier alpha value is -1.92. The van der Waals surface area contributed by atoms with Crippen molar-refractivity contribution in [1.82, 2.24) is 19.6 Å². The monoisotopic (exact) mass is 281 g/mol. The van der Waals surface area contributed by atoms with Crippen LogP contribution in [0.4, 0.5) is 14.5 Å². The van der Waals surface area contributed by atoms with Gasteiger partial charge in [-0.1, -0.05) is 12.8 Å². The largest absolute Gasteiger partial charge is 0.377 e. The predicted molar refractivity (Wildman–Crippen MR) is 70.5 cm³/mol. The Balaban J connectivity index is 1.62. The molecule has 2 heterocycles. The fourth-order valence-electron chi connectivity index (χ4n) is 2.65. The SMILES string of the molecule is FC(F)n1nccc1CNc1cnn(C2CCCC2)c1. The van der Waals surface area contributed by atoms with Crippen LogP contribution in [0.1, 0.15) is 44.0 Å². The van der Waals surface area contributed by atoms with Gasteiger partial charge in [-0.3, -0.25) is 4.68 Å². The van der Waals surface area contributed by atoms with Gasteiger partial charge < -0.3 is 5.32 Å². The first-order valence-corrected chi connectivity index (χ1v) is 6.82. The third-order valence-electron chi connectivity index (χ3n) is 3.71. The van der Waals surface area contributed by atoms with Crippen LogP contribution >= 0.6 is 0 Å². The molecular weight excluding hydrogens is 264 g/mol. The zero-order valence-electron chi connectivity index (χ0n) is 11.0. The molecule has 5 nitrogen and oxygen atoms in total. The fourth-order valence-corrected chi connectivity index (χ4v) is 2.65. The molecule has 1 aliphatic carbocycles. The van der Waals surface area contributed by atoms with E-state index in [1.54, 1.807) is 12.3 Å². The maximum atomic E-state index is 12.7. The molecule has 1 saturated carbocycles. The van der Waals surface area contributed by atoms with E-state index in [2.05, 4.69) is 15.5 Å². The molecule has 0 amide bonds. The Morgan fingerprint density at radius 2 is 2.10 bits per heavy atom. The summed E-state index contributed by atoms with van der Waals surface area (Å²) >= 11 is 0. The molecule has 0 bridgehead atoms. The second-order valence-electron chi connectivity index (χ2n) is 5.05. The van der Waals surface area contributed by atoms with Gasteiger partial charge >= 0.3 is 6.55 Å². The Morgan fingerprint density at radius 3 is 2.85 bits per heavy atom. The molecule has 1 aliphatic rings. The number of alkyl halides is 2. The van der Waals surface area contributed by atoms with Gasteiger partial charge in [-0.25, -0.2) is 4.68 Å². The van der Waals surface area contributed by atoms with Crippen molar-refractivity contribution in [3.8, 4) is 0 Å². The summed E-state index contributed by atoms with van der Waals surface area (Å²) in [6.07, 6.45) is 9.89. The van der Waals surface area contributed by atoms with Crippen molar-refractivity contribution in [3.63, 3.8) is 0 Å². The molecule has 0 aliphatic heterocycles. The molecule has 0 aromatic carbocycles. The smallest absolute Gasteiger partial charge is 0.333 e. The van der Waals surface area contributed by atoms with Gasteiger partial charge in [0.2, 0.25) is 0 Å². The molecule has 108 valence electrons. The molecule has 0 saturated heterocycles. The third-order valence-corrected chi connectivity index (χ3v) is 3.71. The van der Waals surface area contributed by atoms with E-state index in [0.717, 1.165) is 5.69 Å². The Labute approximate surface area is 115 Å². The quantitative estimate of drug-likeness (QED) is 0.915. The second kappa shape index (κ2) is 5.60. The number of nitrogens with zero attached hydrogens (tertiary/aromatic N) is 4. The third kappa shape index (κ3) is 2.66. The number of halogens is 2. The summed E-state index contributed by atoms with van der Waals surface area (Å²) < 4.78 is 28.0. The van der Waals surface area contributed by atoms with Crippen LogP contribution in [0.5, 0.6) is 0 Å². The Kier molecular flexibility index (Phi) is 3.66. The molecule has 0 unspecified atom stereocenters. The molecule has 2 aromatic rings. The summed E-state index contributed by atoms with van der Waals surface area (Å²) in [5.41, 5.74) is 1.30. The van der Waals surface area contributed by atoms with Crippen LogP contribution in [0.15, 0.2) is 24.7 Å². The molecule has 0 spiro atoms. The lowest BCUT2D eigenvalue weighted by Gasteiger charge is -2.09. The predicted octanol–water partition coefficient (Wildman–Crippen LogP) is 3.20. The molecule has 1 N–H and O–H groups in total. The van der Waals surface area contributed by atoms with E-state index in [-0.39, 0.29) is 0 Å². The number of hydrogen-bond donors (Lipinski definition) is 1. The van der Waals surface area contributed by atoms with E-state index in [0.29, 0.717) is 23.0 Å². The van der Waals surface area contributed by atoms with Crippen LogP contribution in [0.3, 0.4) is 0 Å². The van der Waals surface area contributed by atoms with E-state index in [1.165, 1.54) is 31.9 Å². The first-order valence-electron chi connectivity index (χ1n) is 6.82. The van der Waals surface area contributed by atoms with Crippen molar-refractivity contribution in [3.05, 3.63) is 30.4 Å². The lowest BCUT2D eigenvalue weighted by Crippen LogP contribution is -2.09. The van der Waals surface area contributed by atoms with Crippen molar-refractivity contribution >= 4 is 5.69 Å². The first-order chi connectivity index (χ1) is 9.74. The minimum absolute atomic E-state index is 0.306. The lowest BCUT2D eigenvalue weighted by molar-refractivity contribution is 0.0537. The first kappa shape index (κ1) is 13.1. The molecule has 1 fully saturated rings. The van der Waals surface area contributed by atoms with Gasteiger partial charge in [-0.05, 0) is 18.9 Å². The molecule has 0 radical (unpaired) electrons. The van der Waals surface area contributed by atoms with Gasteiger partial charge in [0.15, 0.2) is 0 Å². The van der Waals surface area contributed by atoms with E-state index < -0.39 is 6.55 Å². The average molecular weight is 281 g/mol. The summed E-state index contributed by atoms with van der Waals surface area (Å²) in [7, 11) is 0. The zero-order valence-corrected chi connectivity index (χ0v) is 11.0. The minimum Gasteiger partial charge on any atom is -0.377 e. The summed E-state index contributed by atoms with van der Waals surface area (Å²) in [4.78, 5) is 0. The van der Waals surface area contributed by atoms with Crippen molar-refractivity contribution in [1.29, 1.82) is 0 Å². The summed E-state index contributed by atoms with van der Waals surface area (Å²) in [6.45, 7) is -2.30. The van der Waals surface area contributed by atoms with Gasteiger partial charge in [0, 0.05) is 12.4 Å². The topological polar surface area (TPSA) is 47.7 Å². The number of nitrogens with one attached hydrogen (secondary N) is 1. The van der Waals surface area contributed by atoms with Crippen LogP contribution in [0, 0.1) is 0 Å². The van der Waals surface area contributed by atoms with Crippen molar-refractivity contribution in [2.24, 2.45) is 0 Å². The van der Waals surface area contributed by atoms with Gasteiger partial charge in [0.1, 0.15) is 0 Å². The van der Waals surface area contributed by atoms with Crippen molar-refractivity contribution in [2.75, 3.05) is 5.32 Å². The minimum atomic E-state index is -2.61. The van der Waals surface area contributed by atoms with E-state index in [9.17, 15) is 8.78 Å². The highest BCUT2D eigenvalue weighted by molar-refractivity contribution is 5.38. The van der Waals surface area contributed by atoms with E-state index >= 15 is 0 Å². The van der Waals surface area contributed by atoms with Gasteiger partial charge in [0.25, 0.3) is 0 Å². The van der Waals surface area contributed by atoms with Crippen LogP contribution in [-0.2, 0) is 6.54 Å². The standard InChI is InChI=1S/C13H17F2N5/c14-13(15)20-12(5-6-17-20)8-16-10-7-18-19(9-10)11-3-1-2-4-11/h5-7,9,11,13,16H,1-4,8H2. The molecule has 7 heteroatoms. The van der Waals surface area contributed by atoms with E-state index in [1.807, 2.05) is 10.9 Å². The van der Waals surface area contributed by atoms with Crippen LogP contribution in [0.25, 0.3) is 0 Å². The zero-order chi connectivity index (χ0) is 13.9. The lowest BCUT2D eigenvalue weighted by atomic mass is 10.3. The van der Waals surface area contributed by atoms with E-state index in [4.69, 9.17) is 0 Å². The Morgan fingerprint density at radius 1 is 1.30 bits per heavy atom. The number of hydrogen-bond acceptors (Lipinski definition) is 3. The van der Waals surface area contributed by atoms with Crippen molar-refractivity contribution < 1.29 is 8.78 Å². The summed E-state index contributed by atoms with van der Waals surface area (Å²) in [5.74, 6) is 0. The summed E-state index contributed by atoms with van der Waals surface area (Å²) in [6, 6.07) is 2.07. The number of rotatable bonds is 5. The maximum Gasteiger partial charge on any atom is 0.333 e. The Bertz CT molecular complexity index is 557. The highest BCUT2D eigenvalue weighted by Crippen LogP contribution is 2.29. The number of anilines is 1. The van der Waals surface area contributed by atoms with Crippen LogP contribution in [-0.4, -0.2) is 19.6 Å². The van der Waals surface area contributed by atoms with Gasteiger partial charge in [-0.2, -0.15) is 19.0 Å². The number of aromatic nitrogens is 4. The van der Waals surface area contributed by atoms with Crippen LogP contribution in [0.2, 0.25) is 0 Å². The normalized spacial score (nSPS) is 16.1. The van der Waals surface area contributed by atoms with Crippen LogP contribution < -0.4 is 5.32 Å². The molecule has 20 heavy (non-hydrogen) atoms. The molecule has 2 aromatic heterocycles. The average Bonchev–Trinajstić information content (AvgIpc) is 3.16. The van der Waals surface area contributed by atoms with Crippen molar-refractivity contribution in [2.45, 2.75) is 44.8 Å². The highest BCUT2D eigenvalue weighted by atomic mass is 19.3. The summed E-state index contributed by atoms with van der Waals surface area (Å²) in [5, 5.41) is 11.0. The maximum absolute atomic E-state index is 12.7. The highest BCUT2D eigenvalue weighted by Gasteiger charge is 2.17. The second-order valence-corrected chi connectivity index (χ2v) is 5.05. The molecule has 3 rings (SSSR count).